The third-order valence-corrected chi connectivity index (χ3v) is 2.47. The summed E-state index contributed by atoms with van der Waals surface area (Å²) < 4.78 is 0. The lowest BCUT2D eigenvalue weighted by atomic mass is 10.0. The smallest absolute Gasteiger partial charge is 0.157 e. The molecule has 3 heteroatoms. The number of unbranched alkanes of at least 4 members (excludes halogenated alkanes) is 2. The first kappa shape index (κ1) is 11.9. The minimum absolute atomic E-state index is 0.153. The monoisotopic (exact) mass is 210 g/mol. The van der Waals surface area contributed by atoms with Crippen LogP contribution in [0.25, 0.3) is 0 Å². The van der Waals surface area contributed by atoms with Gasteiger partial charge >= 0.3 is 0 Å². The average molecular weight is 210 g/mol. The van der Waals surface area contributed by atoms with E-state index in [0.717, 1.165) is 19.3 Å². The second-order valence-electron chi connectivity index (χ2n) is 3.76. The van der Waals surface area contributed by atoms with E-state index in [4.69, 9.17) is 5.11 Å². The van der Waals surface area contributed by atoms with Crippen molar-refractivity contribution in [2.24, 2.45) is 0 Å². The van der Waals surface area contributed by atoms with Crippen molar-refractivity contribution < 1.29 is 15.3 Å². The van der Waals surface area contributed by atoms with E-state index in [0.29, 0.717) is 12.0 Å². The van der Waals surface area contributed by atoms with E-state index < -0.39 is 6.10 Å². The molecule has 0 aliphatic rings. The van der Waals surface area contributed by atoms with Crippen LogP contribution >= 0.6 is 0 Å². The van der Waals surface area contributed by atoms with E-state index in [2.05, 4.69) is 6.92 Å². The molecule has 84 valence electrons. The number of rotatable bonds is 5. The quantitative estimate of drug-likeness (QED) is 0.517. The molecule has 0 bridgehead atoms. The maximum absolute atomic E-state index is 9.77. The van der Waals surface area contributed by atoms with Gasteiger partial charge in [0.1, 0.15) is 0 Å². The number of benzene rings is 1. The van der Waals surface area contributed by atoms with Crippen LogP contribution in [0.15, 0.2) is 18.2 Å². The summed E-state index contributed by atoms with van der Waals surface area (Å²) in [5.74, 6) is -0.332. The number of hydrogen-bond donors (Lipinski definition) is 3. The van der Waals surface area contributed by atoms with Crippen molar-refractivity contribution in [3.05, 3.63) is 23.8 Å². The number of aromatic hydroxyl groups is 2. The number of hydrogen-bond acceptors (Lipinski definition) is 3. The molecule has 15 heavy (non-hydrogen) atoms. The van der Waals surface area contributed by atoms with Crippen LogP contribution in [0.3, 0.4) is 0 Å². The van der Waals surface area contributed by atoms with Crippen LogP contribution in [0.4, 0.5) is 0 Å². The van der Waals surface area contributed by atoms with Gasteiger partial charge in [-0.2, -0.15) is 0 Å². The standard InChI is InChI=1S/C12H18O3/c1-2-3-4-5-10(13)9-6-7-11(14)12(15)8-9/h6-8,10,13-15H,2-5H2,1H3/t10-/m1/s1. The van der Waals surface area contributed by atoms with Gasteiger partial charge < -0.3 is 15.3 Å². The van der Waals surface area contributed by atoms with Gasteiger partial charge in [0.05, 0.1) is 6.10 Å². The summed E-state index contributed by atoms with van der Waals surface area (Å²) in [7, 11) is 0. The normalized spacial score (nSPS) is 12.7. The second-order valence-corrected chi connectivity index (χ2v) is 3.76. The van der Waals surface area contributed by atoms with Gasteiger partial charge in [0, 0.05) is 0 Å². The largest absolute Gasteiger partial charge is 0.504 e. The summed E-state index contributed by atoms with van der Waals surface area (Å²) >= 11 is 0. The highest BCUT2D eigenvalue weighted by Crippen LogP contribution is 2.29. The number of phenolic OH excluding ortho intramolecular Hbond substituents is 2. The van der Waals surface area contributed by atoms with Crippen LogP contribution in [-0.2, 0) is 0 Å². The van der Waals surface area contributed by atoms with Gasteiger partial charge in [0.25, 0.3) is 0 Å². The fourth-order valence-corrected chi connectivity index (χ4v) is 1.50. The number of aliphatic hydroxyl groups excluding tert-OH is 1. The van der Waals surface area contributed by atoms with E-state index in [9.17, 15) is 10.2 Å². The molecule has 0 amide bonds. The first-order valence-corrected chi connectivity index (χ1v) is 5.35. The Kier molecular flexibility index (Phi) is 4.43. The number of phenols is 2. The summed E-state index contributed by atoms with van der Waals surface area (Å²) in [4.78, 5) is 0. The van der Waals surface area contributed by atoms with E-state index in [1.54, 1.807) is 6.07 Å². The Hall–Kier alpha value is -1.22. The highest BCUT2D eigenvalue weighted by molar-refractivity contribution is 5.41. The molecule has 3 nitrogen and oxygen atoms in total. The van der Waals surface area contributed by atoms with Gasteiger partial charge in [-0.1, -0.05) is 32.3 Å². The third-order valence-electron chi connectivity index (χ3n) is 2.47. The van der Waals surface area contributed by atoms with Crippen molar-refractivity contribution in [3.63, 3.8) is 0 Å². The Morgan fingerprint density at radius 3 is 2.47 bits per heavy atom. The molecular formula is C12H18O3. The van der Waals surface area contributed by atoms with E-state index in [1.165, 1.54) is 12.1 Å². The van der Waals surface area contributed by atoms with Crippen LogP contribution in [0.2, 0.25) is 0 Å². The predicted octanol–water partition coefficient (Wildman–Crippen LogP) is 2.71. The molecule has 1 rings (SSSR count). The van der Waals surface area contributed by atoms with Crippen LogP contribution in [0.5, 0.6) is 11.5 Å². The lowest BCUT2D eigenvalue weighted by Crippen LogP contribution is -1.96. The molecule has 0 unspecified atom stereocenters. The SMILES string of the molecule is CCCCC[C@@H](O)c1ccc(O)c(O)c1. The molecule has 0 heterocycles. The number of aliphatic hydroxyl groups is 1. The first-order chi connectivity index (χ1) is 7.15. The van der Waals surface area contributed by atoms with Crippen molar-refractivity contribution >= 4 is 0 Å². The molecule has 1 aromatic rings. The molecule has 0 aliphatic carbocycles. The van der Waals surface area contributed by atoms with Crippen molar-refractivity contribution in [1.82, 2.24) is 0 Å². The Morgan fingerprint density at radius 2 is 1.87 bits per heavy atom. The maximum atomic E-state index is 9.77. The molecule has 3 N–H and O–H groups in total. The molecule has 0 aromatic heterocycles. The third kappa shape index (κ3) is 3.44. The Labute approximate surface area is 90.0 Å². The minimum Gasteiger partial charge on any atom is -0.504 e. The van der Waals surface area contributed by atoms with Gasteiger partial charge in [0.2, 0.25) is 0 Å². The van der Waals surface area contributed by atoms with Crippen LogP contribution < -0.4 is 0 Å². The molecule has 0 spiro atoms. The lowest BCUT2D eigenvalue weighted by Gasteiger charge is -2.11. The molecule has 0 aliphatic heterocycles. The van der Waals surface area contributed by atoms with Gasteiger partial charge in [-0.05, 0) is 24.1 Å². The first-order valence-electron chi connectivity index (χ1n) is 5.35. The van der Waals surface area contributed by atoms with E-state index >= 15 is 0 Å². The van der Waals surface area contributed by atoms with Gasteiger partial charge in [-0.25, -0.2) is 0 Å². The molecule has 0 fully saturated rings. The minimum atomic E-state index is -0.553. The summed E-state index contributed by atoms with van der Waals surface area (Å²) in [6, 6.07) is 4.44. The topological polar surface area (TPSA) is 60.7 Å². The predicted molar refractivity (Wildman–Crippen MR) is 58.9 cm³/mol. The van der Waals surface area contributed by atoms with E-state index in [1.807, 2.05) is 0 Å². The average Bonchev–Trinajstić information content (AvgIpc) is 2.22. The summed E-state index contributed by atoms with van der Waals surface area (Å²) in [6.07, 6.45) is 3.33. The summed E-state index contributed by atoms with van der Waals surface area (Å²) in [5.41, 5.74) is 0.654. The zero-order valence-electron chi connectivity index (χ0n) is 8.98. The lowest BCUT2D eigenvalue weighted by molar-refractivity contribution is 0.163. The molecule has 0 saturated carbocycles. The zero-order valence-corrected chi connectivity index (χ0v) is 8.98. The highest BCUT2D eigenvalue weighted by atomic mass is 16.3. The maximum Gasteiger partial charge on any atom is 0.157 e. The van der Waals surface area contributed by atoms with Crippen LogP contribution in [0, 0.1) is 0 Å². The van der Waals surface area contributed by atoms with Gasteiger partial charge in [-0.15, -0.1) is 0 Å². The fourth-order valence-electron chi connectivity index (χ4n) is 1.50. The molecule has 1 atom stereocenters. The van der Waals surface area contributed by atoms with E-state index in [-0.39, 0.29) is 11.5 Å². The van der Waals surface area contributed by atoms with Gasteiger partial charge in [0.15, 0.2) is 11.5 Å². The molecule has 1 aromatic carbocycles. The van der Waals surface area contributed by atoms with Gasteiger partial charge in [-0.3, -0.25) is 0 Å². The Morgan fingerprint density at radius 1 is 1.13 bits per heavy atom. The van der Waals surface area contributed by atoms with Crippen molar-refractivity contribution in [2.75, 3.05) is 0 Å². The van der Waals surface area contributed by atoms with Crippen molar-refractivity contribution in [2.45, 2.75) is 38.7 Å². The second kappa shape index (κ2) is 5.61. The summed E-state index contributed by atoms with van der Waals surface area (Å²) in [6.45, 7) is 2.11. The molecule has 0 saturated heterocycles. The highest BCUT2D eigenvalue weighted by Gasteiger charge is 2.09. The molecule has 0 radical (unpaired) electrons. The zero-order chi connectivity index (χ0) is 11.3. The fraction of sp³-hybridized carbons (Fsp3) is 0.500. The van der Waals surface area contributed by atoms with Crippen molar-refractivity contribution in [3.8, 4) is 11.5 Å². The Bertz CT molecular complexity index is 310. The summed E-state index contributed by atoms with van der Waals surface area (Å²) in [5, 5.41) is 28.1. The van der Waals surface area contributed by atoms with Crippen molar-refractivity contribution in [1.29, 1.82) is 0 Å². The Balaban J connectivity index is 2.57. The van der Waals surface area contributed by atoms with Crippen LogP contribution in [-0.4, -0.2) is 15.3 Å². The van der Waals surface area contributed by atoms with Crippen LogP contribution in [0.1, 0.15) is 44.3 Å². The molecular weight excluding hydrogens is 192 g/mol.